The third-order valence-corrected chi connectivity index (χ3v) is 6.80. The molecule has 3 rings (SSSR count). The van der Waals surface area contributed by atoms with E-state index in [1.54, 1.807) is 24.3 Å². The molecule has 218 valence electrons. The number of fused-ring (bicyclic) bond motifs is 5. The molecule has 0 radical (unpaired) electrons. The van der Waals surface area contributed by atoms with Gasteiger partial charge in [-0.15, -0.1) is 0 Å². The lowest BCUT2D eigenvalue weighted by Crippen LogP contribution is -2.58. The molecule has 4 bridgehead atoms. The molecule has 0 aliphatic carbocycles. The SMILES string of the molecule is NCCN(CCO)C(=O)C1Cc2cc(ccc2O)-c2ccc(O)c(c2)CC(N)C(=O)N[C@@H](C[C@@H](O)CN)C(=O)N1. The number of nitrogens with one attached hydrogen (secondary N) is 2. The number of phenolic OH excluding ortho intramolecular Hbond substituents is 2. The molecule has 2 aromatic carbocycles. The molecule has 40 heavy (non-hydrogen) atoms. The minimum Gasteiger partial charge on any atom is -0.508 e. The minimum absolute atomic E-state index is 0.0361. The summed E-state index contributed by atoms with van der Waals surface area (Å²) in [4.78, 5) is 41.3. The maximum Gasteiger partial charge on any atom is 0.245 e. The van der Waals surface area contributed by atoms with E-state index in [0.717, 1.165) is 0 Å². The van der Waals surface area contributed by atoms with Crippen molar-refractivity contribution in [2.24, 2.45) is 17.2 Å². The van der Waals surface area contributed by atoms with Crippen molar-refractivity contribution in [1.29, 1.82) is 0 Å². The summed E-state index contributed by atoms with van der Waals surface area (Å²) in [6, 6.07) is 5.89. The number of aliphatic hydroxyl groups is 2. The maximum absolute atomic E-state index is 13.6. The number of rotatable bonds is 8. The molecule has 2 aromatic rings. The number of phenols is 2. The number of carbonyl (C=O) groups excluding carboxylic acids is 3. The third kappa shape index (κ3) is 7.67. The predicted octanol–water partition coefficient (Wildman–Crippen LogP) is -2.35. The lowest BCUT2D eigenvalue weighted by Gasteiger charge is -2.29. The summed E-state index contributed by atoms with van der Waals surface area (Å²) >= 11 is 0. The Morgan fingerprint density at radius 3 is 2.10 bits per heavy atom. The summed E-state index contributed by atoms with van der Waals surface area (Å²) in [6.45, 7) is -0.345. The van der Waals surface area contributed by atoms with Gasteiger partial charge in [0.1, 0.15) is 23.6 Å². The molecule has 4 atom stereocenters. The summed E-state index contributed by atoms with van der Waals surface area (Å²) in [7, 11) is 0. The van der Waals surface area contributed by atoms with E-state index in [0.29, 0.717) is 22.3 Å². The van der Waals surface area contributed by atoms with Crippen LogP contribution in [0.2, 0.25) is 0 Å². The number of amides is 3. The fourth-order valence-electron chi connectivity index (χ4n) is 4.59. The summed E-state index contributed by atoms with van der Waals surface area (Å²) in [5.41, 5.74) is 19.4. The van der Waals surface area contributed by atoms with Gasteiger partial charge in [-0.3, -0.25) is 14.4 Å². The van der Waals surface area contributed by atoms with Gasteiger partial charge in [0.2, 0.25) is 17.7 Å². The van der Waals surface area contributed by atoms with Crippen LogP contribution in [0.15, 0.2) is 36.4 Å². The topological polar surface area (TPSA) is 237 Å². The number of aromatic hydroxyl groups is 2. The van der Waals surface area contributed by atoms with Crippen molar-refractivity contribution < 1.29 is 34.8 Å². The Bertz CT molecular complexity index is 1200. The van der Waals surface area contributed by atoms with Crippen LogP contribution in [-0.2, 0) is 27.2 Å². The molecule has 0 spiro atoms. The summed E-state index contributed by atoms with van der Waals surface area (Å²) in [5, 5.41) is 45.9. The highest BCUT2D eigenvalue weighted by Crippen LogP contribution is 2.31. The van der Waals surface area contributed by atoms with Crippen LogP contribution in [-0.4, -0.2) is 100 Å². The zero-order valence-electron chi connectivity index (χ0n) is 22.1. The van der Waals surface area contributed by atoms with Crippen molar-refractivity contribution in [3.8, 4) is 22.6 Å². The normalized spacial score (nSPS) is 20.5. The molecule has 13 heteroatoms. The Hall–Kier alpha value is -3.75. The third-order valence-electron chi connectivity index (χ3n) is 6.80. The van der Waals surface area contributed by atoms with E-state index >= 15 is 0 Å². The number of hydrogen-bond donors (Lipinski definition) is 9. The molecule has 3 amide bonds. The van der Waals surface area contributed by atoms with Crippen LogP contribution in [0.3, 0.4) is 0 Å². The first kappa shape index (κ1) is 30.8. The number of carbonyl (C=O) groups is 3. The van der Waals surface area contributed by atoms with E-state index in [-0.39, 0.29) is 63.5 Å². The van der Waals surface area contributed by atoms with Gasteiger partial charge in [0.25, 0.3) is 0 Å². The van der Waals surface area contributed by atoms with Crippen molar-refractivity contribution in [3.63, 3.8) is 0 Å². The summed E-state index contributed by atoms with van der Waals surface area (Å²) < 4.78 is 0. The molecular formula is C27H38N6O7. The Kier molecular flexibility index (Phi) is 10.8. The second-order valence-corrected chi connectivity index (χ2v) is 9.79. The van der Waals surface area contributed by atoms with Crippen molar-refractivity contribution in [2.45, 2.75) is 43.5 Å². The monoisotopic (exact) mass is 558 g/mol. The van der Waals surface area contributed by atoms with Gasteiger partial charge in [0.15, 0.2) is 0 Å². The number of benzene rings is 2. The van der Waals surface area contributed by atoms with E-state index in [9.17, 15) is 34.8 Å². The van der Waals surface area contributed by atoms with Crippen molar-refractivity contribution in [1.82, 2.24) is 15.5 Å². The van der Waals surface area contributed by atoms with Crippen LogP contribution < -0.4 is 27.8 Å². The number of hydrogen-bond acceptors (Lipinski definition) is 10. The number of aliphatic hydroxyl groups excluding tert-OH is 2. The Labute approximate surface area is 231 Å². The quantitative estimate of drug-likeness (QED) is 0.167. The van der Waals surface area contributed by atoms with Crippen LogP contribution in [0.25, 0.3) is 11.1 Å². The first-order valence-corrected chi connectivity index (χ1v) is 13.1. The summed E-state index contributed by atoms with van der Waals surface area (Å²) in [5.74, 6) is -2.24. The van der Waals surface area contributed by atoms with Gasteiger partial charge < -0.3 is 53.2 Å². The number of nitrogens with two attached hydrogens (primary N) is 3. The molecular weight excluding hydrogens is 520 g/mol. The zero-order chi connectivity index (χ0) is 29.4. The largest absolute Gasteiger partial charge is 0.508 e. The zero-order valence-corrected chi connectivity index (χ0v) is 22.1. The Morgan fingerprint density at radius 1 is 0.950 bits per heavy atom. The van der Waals surface area contributed by atoms with E-state index < -0.39 is 42.0 Å². The molecule has 1 aliphatic heterocycles. The molecule has 13 nitrogen and oxygen atoms in total. The average Bonchev–Trinajstić information content (AvgIpc) is 2.93. The van der Waals surface area contributed by atoms with E-state index in [1.165, 1.54) is 17.0 Å². The molecule has 1 aliphatic rings. The van der Waals surface area contributed by atoms with E-state index in [1.807, 2.05) is 0 Å². The Balaban J connectivity index is 2.13. The standard InChI is InChI=1S/C27H38N6O7/c28-5-6-33(7-8-34)27(40)22-12-18-10-16(2-4-24(18)37)15-1-3-23(36)17(9-15)11-20(30)25(38)31-21(26(39)32-22)13-19(35)14-29/h1-4,9-10,19-22,34-37H,5-8,11-14,28-30H2,(H,31,38)(H,32,39)/t19-,20?,21+,22?/m1/s1. The minimum atomic E-state index is -1.31. The first-order chi connectivity index (χ1) is 19.1. The van der Waals surface area contributed by atoms with Gasteiger partial charge in [-0.25, -0.2) is 0 Å². The second kappa shape index (κ2) is 14.1. The van der Waals surface area contributed by atoms with Crippen LogP contribution in [0.1, 0.15) is 17.5 Å². The highest BCUT2D eigenvalue weighted by Gasteiger charge is 2.32. The molecule has 0 saturated carbocycles. The smallest absolute Gasteiger partial charge is 0.245 e. The highest BCUT2D eigenvalue weighted by atomic mass is 16.3. The van der Waals surface area contributed by atoms with E-state index in [4.69, 9.17) is 17.2 Å². The van der Waals surface area contributed by atoms with Crippen LogP contribution in [0.4, 0.5) is 0 Å². The molecule has 1 heterocycles. The highest BCUT2D eigenvalue weighted by molar-refractivity contribution is 5.93. The fourth-order valence-corrected chi connectivity index (χ4v) is 4.59. The van der Waals surface area contributed by atoms with Crippen LogP contribution in [0.5, 0.6) is 11.5 Å². The molecule has 0 aromatic heterocycles. The van der Waals surface area contributed by atoms with Crippen molar-refractivity contribution in [3.05, 3.63) is 47.5 Å². The van der Waals surface area contributed by atoms with Gasteiger partial charge in [0.05, 0.1) is 18.8 Å². The summed E-state index contributed by atoms with van der Waals surface area (Å²) in [6.07, 6.45) is -1.60. The van der Waals surface area contributed by atoms with Gasteiger partial charge in [-0.2, -0.15) is 0 Å². The van der Waals surface area contributed by atoms with Gasteiger partial charge in [-0.1, -0.05) is 12.1 Å². The molecule has 12 N–H and O–H groups in total. The van der Waals surface area contributed by atoms with E-state index in [2.05, 4.69) is 10.6 Å². The maximum atomic E-state index is 13.6. The average molecular weight is 559 g/mol. The first-order valence-electron chi connectivity index (χ1n) is 13.1. The van der Waals surface area contributed by atoms with Crippen LogP contribution >= 0.6 is 0 Å². The fraction of sp³-hybridized carbons (Fsp3) is 0.444. The number of nitrogens with zero attached hydrogens (tertiary/aromatic N) is 1. The Morgan fingerprint density at radius 2 is 1.55 bits per heavy atom. The molecule has 0 saturated heterocycles. The van der Waals surface area contributed by atoms with Gasteiger partial charge in [0, 0.05) is 45.4 Å². The molecule has 0 fully saturated rings. The second-order valence-electron chi connectivity index (χ2n) is 9.79. The lowest BCUT2D eigenvalue weighted by atomic mass is 9.95. The van der Waals surface area contributed by atoms with Crippen LogP contribution in [0, 0.1) is 0 Å². The predicted molar refractivity (Wildman–Crippen MR) is 147 cm³/mol. The van der Waals surface area contributed by atoms with Crippen molar-refractivity contribution >= 4 is 17.7 Å². The van der Waals surface area contributed by atoms with Crippen molar-refractivity contribution in [2.75, 3.05) is 32.8 Å². The van der Waals surface area contributed by atoms with Gasteiger partial charge in [-0.05, 0) is 46.5 Å². The molecule has 2 unspecified atom stereocenters. The lowest BCUT2D eigenvalue weighted by molar-refractivity contribution is -0.138. The van der Waals surface area contributed by atoms with Gasteiger partial charge >= 0.3 is 0 Å².